The lowest BCUT2D eigenvalue weighted by Gasteiger charge is -2.33. The van der Waals surface area contributed by atoms with Crippen molar-refractivity contribution in [2.75, 3.05) is 12.4 Å². The molecule has 1 aliphatic heterocycles. The molecule has 31 heavy (non-hydrogen) atoms. The van der Waals surface area contributed by atoms with Crippen molar-refractivity contribution < 1.29 is 19.0 Å². The molecule has 0 saturated heterocycles. The van der Waals surface area contributed by atoms with Crippen LogP contribution in [-0.4, -0.2) is 19.3 Å². The smallest absolute Gasteiger partial charge is 0.412 e. The number of fused-ring (bicyclic) bond motifs is 1. The van der Waals surface area contributed by atoms with Crippen molar-refractivity contribution in [3.05, 3.63) is 86.3 Å². The summed E-state index contributed by atoms with van der Waals surface area (Å²) in [5.41, 5.74) is 3.59. The molecule has 0 saturated carbocycles. The predicted octanol–water partition coefficient (Wildman–Crippen LogP) is 6.82. The van der Waals surface area contributed by atoms with E-state index in [0.29, 0.717) is 12.1 Å². The summed E-state index contributed by atoms with van der Waals surface area (Å²) >= 11 is 6.98. The molecule has 7 heteroatoms. The largest absolute Gasteiger partial charge is 0.497 e. The van der Waals surface area contributed by atoms with Gasteiger partial charge in [0.2, 0.25) is 0 Å². The van der Waals surface area contributed by atoms with Crippen LogP contribution in [0.15, 0.2) is 69.6 Å². The Kier molecular flexibility index (Phi) is 6.53. The van der Waals surface area contributed by atoms with Crippen LogP contribution in [0.2, 0.25) is 0 Å². The van der Waals surface area contributed by atoms with E-state index in [-0.39, 0.29) is 0 Å². The normalized spacial score (nSPS) is 17.3. The molecule has 0 aliphatic carbocycles. The zero-order chi connectivity index (χ0) is 22.0. The van der Waals surface area contributed by atoms with Crippen LogP contribution in [0, 0.1) is 6.92 Å². The van der Waals surface area contributed by atoms with Crippen molar-refractivity contribution in [1.82, 2.24) is 0 Å². The van der Waals surface area contributed by atoms with Crippen LogP contribution < -0.4 is 14.8 Å². The summed E-state index contributed by atoms with van der Waals surface area (Å²) in [6.45, 7) is 1.99. The van der Waals surface area contributed by atoms with Crippen molar-refractivity contribution in [2.24, 2.45) is 0 Å². The highest BCUT2D eigenvalue weighted by Crippen LogP contribution is 2.38. The topological polar surface area (TPSA) is 56.8 Å². The molecule has 5 nitrogen and oxygen atoms in total. The minimum atomic E-state index is -0.532. The number of anilines is 1. The average Bonchev–Trinajstić information content (AvgIpc) is 2.75. The Labute approximate surface area is 198 Å². The third kappa shape index (κ3) is 5.05. The second-order valence-corrected chi connectivity index (χ2v) is 9.07. The highest BCUT2D eigenvalue weighted by Gasteiger charge is 2.34. The number of aryl methyl sites for hydroxylation is 1. The molecule has 1 heterocycles. The van der Waals surface area contributed by atoms with Crippen molar-refractivity contribution in [1.29, 1.82) is 0 Å². The van der Waals surface area contributed by atoms with Gasteiger partial charge in [0, 0.05) is 21.1 Å². The lowest BCUT2D eigenvalue weighted by molar-refractivity contribution is 0.00883. The number of carbonyl (C=O) groups excluding carboxylic acids is 1. The lowest BCUT2D eigenvalue weighted by Crippen LogP contribution is -2.36. The van der Waals surface area contributed by atoms with Crippen LogP contribution in [0.5, 0.6) is 11.5 Å². The van der Waals surface area contributed by atoms with Gasteiger partial charge in [0.25, 0.3) is 0 Å². The zero-order valence-electron chi connectivity index (χ0n) is 17.0. The fourth-order valence-corrected chi connectivity index (χ4v) is 4.31. The van der Waals surface area contributed by atoms with E-state index in [2.05, 4.69) is 37.2 Å². The van der Waals surface area contributed by atoms with Gasteiger partial charge in [-0.3, -0.25) is 5.32 Å². The molecule has 1 aliphatic rings. The molecule has 0 fully saturated rings. The van der Waals surface area contributed by atoms with E-state index in [1.807, 2.05) is 67.6 Å². The summed E-state index contributed by atoms with van der Waals surface area (Å²) in [5, 5.41) is 2.81. The maximum Gasteiger partial charge on any atom is 0.412 e. The van der Waals surface area contributed by atoms with Crippen molar-refractivity contribution >= 4 is 43.6 Å². The van der Waals surface area contributed by atoms with Crippen LogP contribution in [0.25, 0.3) is 0 Å². The quantitative estimate of drug-likeness (QED) is 0.390. The number of carbonyl (C=O) groups is 1. The van der Waals surface area contributed by atoms with Crippen LogP contribution in [-0.2, 0) is 11.2 Å². The standard InChI is InChI=1S/C24H21Br2NO4/c1-14-6-8-18(13-20(14)26)27-24(28)31-22-12-16-10-17(25)7-9-21(16)30-23(22)15-4-3-5-19(11-15)29-2/h3-11,13,22-23H,12H2,1-2H3,(H,27,28)/t22-,23+/m1/s1. The monoisotopic (exact) mass is 545 g/mol. The van der Waals surface area contributed by atoms with Gasteiger partial charge in [-0.05, 0) is 66.1 Å². The minimum absolute atomic E-state index is 0.459. The van der Waals surface area contributed by atoms with Gasteiger partial charge in [0.1, 0.15) is 17.6 Å². The van der Waals surface area contributed by atoms with Crippen LogP contribution in [0.3, 0.4) is 0 Å². The van der Waals surface area contributed by atoms with E-state index >= 15 is 0 Å². The van der Waals surface area contributed by atoms with Gasteiger partial charge in [0.15, 0.2) is 6.10 Å². The van der Waals surface area contributed by atoms with Gasteiger partial charge >= 0.3 is 6.09 Å². The fourth-order valence-electron chi connectivity index (χ4n) is 3.52. The third-order valence-electron chi connectivity index (χ3n) is 5.13. The Bertz CT molecular complexity index is 1120. The number of halogens is 2. The van der Waals surface area contributed by atoms with E-state index < -0.39 is 18.3 Å². The number of rotatable bonds is 4. The molecule has 1 N–H and O–H groups in total. The van der Waals surface area contributed by atoms with Gasteiger partial charge in [0.05, 0.1) is 7.11 Å². The Morgan fingerprint density at radius 1 is 1.10 bits per heavy atom. The molecule has 0 radical (unpaired) electrons. The van der Waals surface area contributed by atoms with Gasteiger partial charge in [-0.15, -0.1) is 0 Å². The van der Waals surface area contributed by atoms with Crippen molar-refractivity contribution in [3.63, 3.8) is 0 Å². The van der Waals surface area contributed by atoms with Crippen LogP contribution >= 0.6 is 31.9 Å². The SMILES string of the molecule is COc1cccc([C@@H]2Oc3ccc(Br)cc3C[C@H]2OC(=O)Nc2ccc(C)c(Br)c2)c1. The maximum atomic E-state index is 12.7. The third-order valence-corrected chi connectivity index (χ3v) is 6.48. The highest BCUT2D eigenvalue weighted by molar-refractivity contribution is 9.10. The molecule has 3 aromatic rings. The van der Waals surface area contributed by atoms with E-state index in [4.69, 9.17) is 14.2 Å². The van der Waals surface area contributed by atoms with E-state index in [9.17, 15) is 4.79 Å². The maximum absolute atomic E-state index is 12.7. The number of nitrogens with one attached hydrogen (secondary N) is 1. The molecule has 160 valence electrons. The Balaban J connectivity index is 1.59. The van der Waals surface area contributed by atoms with E-state index in [0.717, 1.165) is 37.1 Å². The van der Waals surface area contributed by atoms with Crippen molar-refractivity contribution in [2.45, 2.75) is 25.6 Å². The van der Waals surface area contributed by atoms with Gasteiger partial charge < -0.3 is 14.2 Å². The van der Waals surface area contributed by atoms with Crippen LogP contribution in [0.1, 0.15) is 22.8 Å². The first-order valence-electron chi connectivity index (χ1n) is 9.76. The number of hydrogen-bond acceptors (Lipinski definition) is 4. The number of amides is 1. The average molecular weight is 547 g/mol. The summed E-state index contributed by atoms with van der Waals surface area (Å²) in [7, 11) is 1.62. The number of methoxy groups -OCH3 is 1. The molecular formula is C24H21Br2NO4. The Morgan fingerprint density at radius 2 is 1.94 bits per heavy atom. The number of benzene rings is 3. The molecule has 1 amide bonds. The molecule has 0 bridgehead atoms. The first-order chi connectivity index (χ1) is 14.9. The summed E-state index contributed by atoms with van der Waals surface area (Å²) in [6.07, 6.45) is -0.973. The molecule has 2 atom stereocenters. The fraction of sp³-hybridized carbons (Fsp3) is 0.208. The first-order valence-corrected chi connectivity index (χ1v) is 11.3. The second kappa shape index (κ2) is 9.32. The molecular weight excluding hydrogens is 526 g/mol. The molecule has 0 spiro atoms. The summed E-state index contributed by atoms with van der Waals surface area (Å²) in [4.78, 5) is 12.7. The van der Waals surface area contributed by atoms with Gasteiger partial charge in [-0.25, -0.2) is 4.79 Å². The molecule has 4 rings (SSSR count). The van der Waals surface area contributed by atoms with E-state index in [1.54, 1.807) is 7.11 Å². The molecule has 0 unspecified atom stereocenters. The number of ether oxygens (including phenoxy) is 3. The summed E-state index contributed by atoms with van der Waals surface area (Å²) in [5.74, 6) is 1.49. The predicted molar refractivity (Wildman–Crippen MR) is 127 cm³/mol. The Morgan fingerprint density at radius 3 is 2.71 bits per heavy atom. The Hall–Kier alpha value is -2.51. The first kappa shape index (κ1) is 21.7. The van der Waals surface area contributed by atoms with Crippen molar-refractivity contribution in [3.8, 4) is 11.5 Å². The molecule has 3 aromatic carbocycles. The highest BCUT2D eigenvalue weighted by atomic mass is 79.9. The van der Waals surface area contributed by atoms with E-state index in [1.165, 1.54) is 0 Å². The van der Waals surface area contributed by atoms with Gasteiger partial charge in [-0.2, -0.15) is 0 Å². The summed E-state index contributed by atoms with van der Waals surface area (Å²) < 4.78 is 19.4. The van der Waals surface area contributed by atoms with Crippen LogP contribution in [0.4, 0.5) is 10.5 Å². The minimum Gasteiger partial charge on any atom is -0.497 e. The lowest BCUT2D eigenvalue weighted by atomic mass is 9.94. The second-order valence-electron chi connectivity index (χ2n) is 7.30. The summed E-state index contributed by atoms with van der Waals surface area (Å²) in [6, 6.07) is 19.1. The van der Waals surface area contributed by atoms with Gasteiger partial charge in [-0.1, -0.05) is 50.1 Å². The number of hydrogen-bond donors (Lipinski definition) is 1. The molecule has 0 aromatic heterocycles. The zero-order valence-corrected chi connectivity index (χ0v) is 20.2.